The molecule has 0 spiro atoms. The minimum Gasteiger partial charge on any atom is -0.493 e. The topological polar surface area (TPSA) is 9.23 Å². The van der Waals surface area contributed by atoms with Crippen molar-refractivity contribution < 1.29 is 4.74 Å². The molecule has 0 bridgehead atoms. The Morgan fingerprint density at radius 3 is 2.86 bits per heavy atom. The van der Waals surface area contributed by atoms with Crippen molar-refractivity contribution in [3.63, 3.8) is 0 Å². The van der Waals surface area contributed by atoms with Crippen molar-refractivity contribution in [1.29, 1.82) is 0 Å². The van der Waals surface area contributed by atoms with Gasteiger partial charge in [-0.3, -0.25) is 0 Å². The summed E-state index contributed by atoms with van der Waals surface area (Å²) in [6.07, 6.45) is 5.62. The van der Waals surface area contributed by atoms with E-state index in [-0.39, 0.29) is 5.38 Å². The molecule has 1 aliphatic carbocycles. The SMILES string of the molecule is CC(C)C1CCC(Cl)C(Cc2cc(Cl)cc3c2OCC3)C1. The molecule has 1 aromatic carbocycles. The summed E-state index contributed by atoms with van der Waals surface area (Å²) in [5.74, 6) is 3.17. The second-order valence-corrected chi connectivity index (χ2v) is 7.95. The van der Waals surface area contributed by atoms with Crippen molar-refractivity contribution >= 4 is 23.2 Å². The van der Waals surface area contributed by atoms with Crippen LogP contribution < -0.4 is 4.74 Å². The zero-order valence-corrected chi connectivity index (χ0v) is 14.4. The Hall–Kier alpha value is -0.400. The number of halogens is 2. The lowest BCUT2D eigenvalue weighted by atomic mass is 9.74. The Kier molecular flexibility index (Phi) is 4.71. The van der Waals surface area contributed by atoms with Crippen molar-refractivity contribution in [3.05, 3.63) is 28.3 Å². The van der Waals surface area contributed by atoms with Crippen LogP contribution in [0.4, 0.5) is 0 Å². The van der Waals surface area contributed by atoms with Gasteiger partial charge in [0.25, 0.3) is 0 Å². The second-order valence-electron chi connectivity index (χ2n) is 6.95. The van der Waals surface area contributed by atoms with Crippen LogP contribution >= 0.6 is 23.2 Å². The van der Waals surface area contributed by atoms with E-state index in [0.717, 1.165) is 48.5 Å². The van der Waals surface area contributed by atoms with Crippen LogP contribution in [0.3, 0.4) is 0 Å². The van der Waals surface area contributed by atoms with Gasteiger partial charge in [0.05, 0.1) is 6.61 Å². The lowest BCUT2D eigenvalue weighted by molar-refractivity contribution is 0.217. The molecular formula is C18H24Cl2O. The van der Waals surface area contributed by atoms with Crippen LogP contribution in [0.15, 0.2) is 12.1 Å². The fraction of sp³-hybridized carbons (Fsp3) is 0.667. The zero-order chi connectivity index (χ0) is 15.0. The predicted octanol–water partition coefficient (Wildman–Crippen LogP) is 5.50. The molecule has 3 rings (SSSR count). The number of rotatable bonds is 3. The first kappa shape index (κ1) is 15.5. The van der Waals surface area contributed by atoms with Crippen molar-refractivity contribution in [3.8, 4) is 5.75 Å². The van der Waals surface area contributed by atoms with Gasteiger partial charge in [-0.1, -0.05) is 25.4 Å². The highest BCUT2D eigenvalue weighted by atomic mass is 35.5. The van der Waals surface area contributed by atoms with Gasteiger partial charge in [0.15, 0.2) is 0 Å². The predicted molar refractivity (Wildman–Crippen MR) is 89.7 cm³/mol. The van der Waals surface area contributed by atoms with Crippen molar-refractivity contribution in [2.24, 2.45) is 17.8 Å². The molecule has 0 radical (unpaired) electrons. The monoisotopic (exact) mass is 326 g/mol. The summed E-state index contributed by atoms with van der Waals surface area (Å²) in [5, 5.41) is 1.12. The summed E-state index contributed by atoms with van der Waals surface area (Å²) in [6.45, 7) is 5.44. The Morgan fingerprint density at radius 1 is 1.29 bits per heavy atom. The molecule has 0 saturated heterocycles. The van der Waals surface area contributed by atoms with Gasteiger partial charge in [-0.25, -0.2) is 0 Å². The molecule has 116 valence electrons. The fourth-order valence-corrected chi connectivity index (χ4v) is 4.44. The second kappa shape index (κ2) is 6.38. The lowest BCUT2D eigenvalue weighted by Crippen LogP contribution is -2.29. The summed E-state index contributed by atoms with van der Waals surface area (Å²) in [4.78, 5) is 0. The third kappa shape index (κ3) is 3.35. The zero-order valence-electron chi connectivity index (χ0n) is 12.9. The van der Waals surface area contributed by atoms with Gasteiger partial charge >= 0.3 is 0 Å². The van der Waals surface area contributed by atoms with Crippen molar-refractivity contribution in [2.45, 2.75) is 51.3 Å². The maximum atomic E-state index is 6.62. The smallest absolute Gasteiger partial charge is 0.125 e. The van der Waals surface area contributed by atoms with E-state index in [0.29, 0.717) is 5.92 Å². The number of ether oxygens (including phenoxy) is 1. The summed E-state index contributed by atoms with van der Waals surface area (Å²) in [6, 6.07) is 4.12. The van der Waals surface area contributed by atoms with Gasteiger partial charge in [-0.2, -0.15) is 0 Å². The molecule has 3 atom stereocenters. The molecule has 0 N–H and O–H groups in total. The van der Waals surface area contributed by atoms with Crippen molar-refractivity contribution in [2.75, 3.05) is 6.61 Å². The minimum absolute atomic E-state index is 0.288. The molecular weight excluding hydrogens is 303 g/mol. The molecule has 1 nitrogen and oxygen atoms in total. The van der Waals surface area contributed by atoms with E-state index >= 15 is 0 Å². The van der Waals surface area contributed by atoms with E-state index in [2.05, 4.69) is 19.9 Å². The molecule has 1 aliphatic heterocycles. The van der Waals surface area contributed by atoms with Gasteiger partial charge in [0.2, 0.25) is 0 Å². The van der Waals surface area contributed by atoms with Gasteiger partial charge in [-0.15, -0.1) is 11.6 Å². The van der Waals surface area contributed by atoms with Gasteiger partial charge in [0, 0.05) is 16.8 Å². The Balaban J connectivity index is 1.79. The van der Waals surface area contributed by atoms with Crippen LogP contribution in [0.5, 0.6) is 5.75 Å². The highest BCUT2D eigenvalue weighted by Crippen LogP contribution is 2.41. The maximum absolute atomic E-state index is 6.62. The lowest BCUT2D eigenvalue weighted by Gasteiger charge is -2.35. The molecule has 1 fully saturated rings. The van der Waals surface area contributed by atoms with Gasteiger partial charge in [-0.05, 0) is 66.7 Å². The molecule has 2 aliphatic rings. The van der Waals surface area contributed by atoms with E-state index in [1.54, 1.807) is 0 Å². The first-order valence-corrected chi connectivity index (χ1v) is 8.94. The molecule has 1 saturated carbocycles. The third-order valence-corrected chi connectivity index (χ3v) is 5.97. The Morgan fingerprint density at radius 2 is 2.10 bits per heavy atom. The minimum atomic E-state index is 0.288. The van der Waals surface area contributed by atoms with E-state index < -0.39 is 0 Å². The van der Waals surface area contributed by atoms with Crippen LogP contribution in [0.2, 0.25) is 5.02 Å². The van der Waals surface area contributed by atoms with Crippen LogP contribution in [0.1, 0.15) is 44.2 Å². The number of alkyl halides is 1. The number of hydrogen-bond acceptors (Lipinski definition) is 1. The quantitative estimate of drug-likeness (QED) is 0.666. The average molecular weight is 327 g/mol. The number of fused-ring (bicyclic) bond motifs is 1. The molecule has 1 heterocycles. The standard InChI is InChI=1S/C18H24Cl2O/c1-11(2)12-3-4-17(20)14(7-12)8-15-10-16(19)9-13-5-6-21-18(13)15/h9-12,14,17H,3-8H2,1-2H3. The summed E-state index contributed by atoms with van der Waals surface area (Å²) < 4.78 is 5.83. The largest absolute Gasteiger partial charge is 0.493 e. The molecule has 21 heavy (non-hydrogen) atoms. The summed E-state index contributed by atoms with van der Waals surface area (Å²) in [5.41, 5.74) is 2.52. The van der Waals surface area contributed by atoms with E-state index in [4.69, 9.17) is 27.9 Å². The Bertz CT molecular complexity index is 512. The van der Waals surface area contributed by atoms with Gasteiger partial charge in [0.1, 0.15) is 5.75 Å². The van der Waals surface area contributed by atoms with E-state index in [1.165, 1.54) is 24.0 Å². The highest BCUT2D eigenvalue weighted by Gasteiger charge is 2.32. The van der Waals surface area contributed by atoms with E-state index in [9.17, 15) is 0 Å². The van der Waals surface area contributed by atoms with Crippen LogP contribution in [0, 0.1) is 17.8 Å². The average Bonchev–Trinajstić information content (AvgIpc) is 2.89. The normalized spacial score (nSPS) is 28.5. The number of hydrogen-bond donors (Lipinski definition) is 0. The Labute approximate surface area is 138 Å². The van der Waals surface area contributed by atoms with Crippen LogP contribution in [0.25, 0.3) is 0 Å². The summed E-state index contributed by atoms with van der Waals surface area (Å²) in [7, 11) is 0. The van der Waals surface area contributed by atoms with Crippen LogP contribution in [-0.4, -0.2) is 12.0 Å². The number of benzene rings is 1. The maximum Gasteiger partial charge on any atom is 0.125 e. The molecule has 3 unspecified atom stereocenters. The molecule has 1 aromatic rings. The molecule has 0 aromatic heterocycles. The third-order valence-electron chi connectivity index (χ3n) is 5.18. The highest BCUT2D eigenvalue weighted by molar-refractivity contribution is 6.30. The summed E-state index contributed by atoms with van der Waals surface area (Å²) >= 11 is 12.9. The molecule has 0 amide bonds. The van der Waals surface area contributed by atoms with Crippen molar-refractivity contribution in [1.82, 2.24) is 0 Å². The first-order valence-electron chi connectivity index (χ1n) is 8.12. The van der Waals surface area contributed by atoms with E-state index in [1.807, 2.05) is 6.07 Å². The first-order chi connectivity index (χ1) is 10.0. The van der Waals surface area contributed by atoms with Crippen LogP contribution in [-0.2, 0) is 12.8 Å². The van der Waals surface area contributed by atoms with Gasteiger partial charge < -0.3 is 4.74 Å². The fourth-order valence-electron chi connectivity index (χ4n) is 3.86. The molecule has 3 heteroatoms.